The molecule has 0 amide bonds. The molecule has 9 heteroatoms. The van der Waals surface area contributed by atoms with Crippen molar-refractivity contribution in [2.45, 2.75) is 4.90 Å². The number of nitrogens with zero attached hydrogens (tertiary/aromatic N) is 2. The summed E-state index contributed by atoms with van der Waals surface area (Å²) in [4.78, 5) is 3.60. The van der Waals surface area contributed by atoms with Crippen LogP contribution in [0.1, 0.15) is 0 Å². The van der Waals surface area contributed by atoms with Gasteiger partial charge in [-0.25, -0.2) is 8.42 Å². The Morgan fingerprint density at radius 1 is 1.29 bits per heavy atom. The van der Waals surface area contributed by atoms with Gasteiger partial charge in [0.05, 0.1) is 32.1 Å². The van der Waals surface area contributed by atoms with Crippen molar-refractivity contribution in [3.63, 3.8) is 0 Å². The zero-order valence-electron chi connectivity index (χ0n) is 14.0. The van der Waals surface area contributed by atoms with Crippen LogP contribution in [0.4, 0.5) is 0 Å². The number of hydrogen-bond acceptors (Lipinski definition) is 3. The molecule has 6 nitrogen and oxygen atoms in total. The second kappa shape index (κ2) is 8.44. The second-order valence-electron chi connectivity index (χ2n) is 6.04. The van der Waals surface area contributed by atoms with Crippen LogP contribution in [0.3, 0.4) is 0 Å². The van der Waals surface area contributed by atoms with Crippen molar-refractivity contribution in [3.8, 4) is 0 Å². The molecular formula is C15H24ClN4O2S2+. The predicted octanol–water partition coefficient (Wildman–Crippen LogP) is -0.335. The minimum absolute atomic E-state index is 0.234. The lowest BCUT2D eigenvalue weighted by atomic mass is 10.4. The smallest absolute Gasteiger partial charge is 0.243 e. The molecule has 1 aromatic rings. The van der Waals surface area contributed by atoms with Crippen LogP contribution in [-0.4, -0.2) is 76.1 Å². The highest BCUT2D eigenvalue weighted by molar-refractivity contribution is 7.89. The summed E-state index contributed by atoms with van der Waals surface area (Å²) < 4.78 is 26.8. The summed E-state index contributed by atoms with van der Waals surface area (Å²) in [5, 5.41) is 4.34. The minimum atomic E-state index is -3.51. The SMILES string of the molecule is C[NH+](C)CCNC(=S)N1CCN(S(=O)(=O)c2cccc(Cl)c2)CC1. The predicted molar refractivity (Wildman–Crippen MR) is 100 cm³/mol. The molecular weight excluding hydrogens is 368 g/mol. The first kappa shape index (κ1) is 19.4. The number of thiocarbonyl (C=S) groups is 1. The van der Waals surface area contributed by atoms with E-state index in [1.54, 1.807) is 18.2 Å². The van der Waals surface area contributed by atoms with E-state index in [0.717, 1.165) is 13.1 Å². The molecule has 0 spiro atoms. The van der Waals surface area contributed by atoms with Gasteiger partial charge in [0, 0.05) is 31.2 Å². The number of hydrogen-bond donors (Lipinski definition) is 2. The van der Waals surface area contributed by atoms with E-state index in [1.165, 1.54) is 15.3 Å². The molecule has 0 radical (unpaired) electrons. The number of piperazine rings is 1. The van der Waals surface area contributed by atoms with Crippen LogP contribution in [0.15, 0.2) is 29.2 Å². The maximum absolute atomic E-state index is 12.7. The largest absolute Gasteiger partial charge is 0.357 e. The maximum Gasteiger partial charge on any atom is 0.243 e. The molecule has 0 aliphatic carbocycles. The van der Waals surface area contributed by atoms with Crippen LogP contribution < -0.4 is 10.2 Å². The fraction of sp³-hybridized carbons (Fsp3) is 0.533. The fourth-order valence-corrected chi connectivity index (χ4v) is 4.45. The van der Waals surface area contributed by atoms with Crippen molar-refractivity contribution < 1.29 is 13.3 Å². The average Bonchev–Trinajstić information content (AvgIpc) is 2.54. The van der Waals surface area contributed by atoms with E-state index in [4.69, 9.17) is 23.8 Å². The van der Waals surface area contributed by atoms with Crippen molar-refractivity contribution in [1.29, 1.82) is 0 Å². The maximum atomic E-state index is 12.7. The van der Waals surface area contributed by atoms with Gasteiger partial charge in [-0.1, -0.05) is 17.7 Å². The van der Waals surface area contributed by atoms with Crippen LogP contribution in [-0.2, 0) is 10.0 Å². The Morgan fingerprint density at radius 3 is 2.54 bits per heavy atom. The lowest BCUT2D eigenvalue weighted by Gasteiger charge is -2.35. The van der Waals surface area contributed by atoms with E-state index in [-0.39, 0.29) is 4.90 Å². The van der Waals surface area contributed by atoms with Crippen molar-refractivity contribution >= 4 is 39.0 Å². The number of sulfonamides is 1. The van der Waals surface area contributed by atoms with E-state index in [1.807, 2.05) is 4.90 Å². The normalized spacial score (nSPS) is 16.4. The summed E-state index contributed by atoms with van der Waals surface area (Å²) in [6.07, 6.45) is 0. The van der Waals surface area contributed by atoms with E-state index >= 15 is 0 Å². The highest BCUT2D eigenvalue weighted by atomic mass is 35.5. The third-order valence-corrected chi connectivity index (χ3v) is 6.39. The van der Waals surface area contributed by atoms with Crippen LogP contribution in [0.2, 0.25) is 5.02 Å². The number of halogens is 1. The molecule has 1 heterocycles. The molecule has 1 aromatic carbocycles. The van der Waals surface area contributed by atoms with Gasteiger partial charge in [-0.2, -0.15) is 4.31 Å². The number of benzene rings is 1. The van der Waals surface area contributed by atoms with Crippen LogP contribution >= 0.6 is 23.8 Å². The van der Waals surface area contributed by atoms with Gasteiger partial charge >= 0.3 is 0 Å². The second-order valence-corrected chi connectivity index (χ2v) is 8.80. The highest BCUT2D eigenvalue weighted by Crippen LogP contribution is 2.20. The number of rotatable bonds is 5. The molecule has 0 atom stereocenters. The third kappa shape index (κ3) is 5.03. The third-order valence-electron chi connectivity index (χ3n) is 3.86. The van der Waals surface area contributed by atoms with Gasteiger partial charge < -0.3 is 15.1 Å². The summed E-state index contributed by atoms with van der Waals surface area (Å²) in [6.45, 7) is 3.78. The summed E-state index contributed by atoms with van der Waals surface area (Å²) in [7, 11) is 0.668. The quantitative estimate of drug-likeness (QED) is 0.673. The Bertz CT molecular complexity index is 674. The number of nitrogens with one attached hydrogen (secondary N) is 2. The zero-order chi connectivity index (χ0) is 17.7. The van der Waals surface area contributed by atoms with Crippen molar-refractivity contribution in [3.05, 3.63) is 29.3 Å². The van der Waals surface area contributed by atoms with E-state index < -0.39 is 10.0 Å². The molecule has 0 aromatic heterocycles. The lowest BCUT2D eigenvalue weighted by molar-refractivity contribution is -0.856. The molecule has 134 valence electrons. The first-order chi connectivity index (χ1) is 11.3. The van der Waals surface area contributed by atoms with Crippen molar-refractivity contribution in [1.82, 2.24) is 14.5 Å². The van der Waals surface area contributed by atoms with Gasteiger partial charge in [0.2, 0.25) is 10.0 Å². The Balaban J connectivity index is 1.91. The average molecular weight is 392 g/mol. The molecule has 1 aliphatic heterocycles. The topological polar surface area (TPSA) is 57.1 Å². The Labute approximate surface area is 154 Å². The highest BCUT2D eigenvalue weighted by Gasteiger charge is 2.29. The van der Waals surface area contributed by atoms with E-state index in [9.17, 15) is 8.42 Å². The van der Waals surface area contributed by atoms with Crippen LogP contribution in [0.5, 0.6) is 0 Å². The Kier molecular flexibility index (Phi) is 6.82. The lowest BCUT2D eigenvalue weighted by Crippen LogP contribution is -3.06. The molecule has 2 N–H and O–H groups in total. The summed E-state index contributed by atoms with van der Waals surface area (Å²) in [6, 6.07) is 6.37. The van der Waals surface area contributed by atoms with Gasteiger partial charge in [0.15, 0.2) is 5.11 Å². The summed E-state index contributed by atoms with van der Waals surface area (Å²) >= 11 is 11.3. The number of likely N-dealkylation sites (N-methyl/N-ethyl adjacent to an activating group) is 1. The first-order valence-corrected chi connectivity index (χ1v) is 10.1. The molecule has 0 unspecified atom stereocenters. The van der Waals surface area contributed by atoms with Gasteiger partial charge in [0.25, 0.3) is 0 Å². The first-order valence-electron chi connectivity index (χ1n) is 7.88. The molecule has 1 fully saturated rings. The monoisotopic (exact) mass is 391 g/mol. The van der Waals surface area contributed by atoms with Gasteiger partial charge in [-0.05, 0) is 30.4 Å². The van der Waals surface area contributed by atoms with Gasteiger partial charge in [-0.15, -0.1) is 0 Å². The van der Waals surface area contributed by atoms with Crippen LogP contribution in [0, 0.1) is 0 Å². The molecule has 2 rings (SSSR count). The summed E-state index contributed by atoms with van der Waals surface area (Å²) in [5.41, 5.74) is 0. The van der Waals surface area contributed by atoms with E-state index in [2.05, 4.69) is 19.4 Å². The number of quaternary nitrogens is 1. The molecule has 1 aliphatic rings. The van der Waals surface area contributed by atoms with Crippen LogP contribution in [0.25, 0.3) is 0 Å². The molecule has 24 heavy (non-hydrogen) atoms. The van der Waals surface area contributed by atoms with Crippen molar-refractivity contribution in [2.75, 3.05) is 53.4 Å². The Hall–Kier alpha value is -0.930. The standard InChI is InChI=1S/C15H23ClN4O2S2/c1-18(2)7-6-17-15(23)19-8-10-20(11-9-19)24(21,22)14-5-3-4-13(16)12-14/h3-5,12H,6-11H2,1-2H3,(H,17,23)/p+1. The van der Waals surface area contributed by atoms with Gasteiger partial charge in [0.1, 0.15) is 0 Å². The molecule has 1 saturated heterocycles. The van der Waals surface area contributed by atoms with Crippen molar-refractivity contribution in [2.24, 2.45) is 0 Å². The molecule has 0 bridgehead atoms. The molecule has 0 saturated carbocycles. The minimum Gasteiger partial charge on any atom is -0.357 e. The van der Waals surface area contributed by atoms with Gasteiger partial charge in [-0.3, -0.25) is 0 Å². The summed E-state index contributed by atoms with van der Waals surface area (Å²) in [5.74, 6) is 0. The fourth-order valence-electron chi connectivity index (χ4n) is 2.44. The zero-order valence-corrected chi connectivity index (χ0v) is 16.3. The Morgan fingerprint density at radius 2 is 1.96 bits per heavy atom. The van der Waals surface area contributed by atoms with E-state index in [0.29, 0.717) is 36.3 Å².